The summed E-state index contributed by atoms with van der Waals surface area (Å²) in [7, 11) is 0. The Bertz CT molecular complexity index is 602. The number of hydrogen-bond acceptors (Lipinski definition) is 5. The maximum Gasteiger partial charge on any atom is 0.246 e. The van der Waals surface area contributed by atoms with Crippen molar-refractivity contribution in [1.82, 2.24) is 10.2 Å². The van der Waals surface area contributed by atoms with Gasteiger partial charge >= 0.3 is 0 Å². The number of carbonyl (C=O) groups is 2. The van der Waals surface area contributed by atoms with E-state index in [0.29, 0.717) is 11.1 Å². The van der Waals surface area contributed by atoms with E-state index in [2.05, 4.69) is 5.32 Å². The van der Waals surface area contributed by atoms with Crippen LogP contribution in [0.25, 0.3) is 0 Å². The summed E-state index contributed by atoms with van der Waals surface area (Å²) in [5.41, 5.74) is 0.295. The van der Waals surface area contributed by atoms with Crippen LogP contribution in [-0.2, 0) is 9.59 Å². The summed E-state index contributed by atoms with van der Waals surface area (Å²) in [4.78, 5) is 25.0. The smallest absolute Gasteiger partial charge is 0.246 e. The van der Waals surface area contributed by atoms with Gasteiger partial charge in [0.25, 0.3) is 0 Å². The number of amides is 2. The summed E-state index contributed by atoms with van der Waals surface area (Å²) in [5, 5.41) is 21.3. The Balaban J connectivity index is 2.13. The van der Waals surface area contributed by atoms with Gasteiger partial charge in [-0.2, -0.15) is 5.26 Å². The topological polar surface area (TPSA) is 93.4 Å². The van der Waals surface area contributed by atoms with Crippen LogP contribution in [-0.4, -0.2) is 40.4 Å². The van der Waals surface area contributed by atoms with E-state index in [1.54, 1.807) is 43.0 Å². The Morgan fingerprint density at radius 1 is 1.38 bits per heavy atom. The molecular weight excluding hydrogens is 270 g/mol. The zero-order chi connectivity index (χ0) is 15.6. The molecule has 2 amide bonds. The van der Waals surface area contributed by atoms with Gasteiger partial charge in [0.1, 0.15) is 0 Å². The summed E-state index contributed by atoms with van der Waals surface area (Å²) in [6.07, 6.45) is -0.837. The van der Waals surface area contributed by atoms with Gasteiger partial charge < -0.3 is 5.11 Å². The highest BCUT2D eigenvalue weighted by molar-refractivity contribution is 6.02. The van der Waals surface area contributed by atoms with Crippen LogP contribution in [0, 0.1) is 11.3 Å². The lowest BCUT2D eigenvalue weighted by Crippen LogP contribution is -2.64. The summed E-state index contributed by atoms with van der Waals surface area (Å²) < 4.78 is 0. The van der Waals surface area contributed by atoms with E-state index in [0.717, 1.165) is 0 Å². The van der Waals surface area contributed by atoms with Crippen molar-refractivity contribution >= 4 is 11.8 Å². The lowest BCUT2D eigenvalue weighted by Gasteiger charge is -2.41. The van der Waals surface area contributed by atoms with Gasteiger partial charge in [0.05, 0.1) is 29.8 Å². The van der Waals surface area contributed by atoms with Gasteiger partial charge in [0.15, 0.2) is 0 Å². The Morgan fingerprint density at radius 2 is 2.00 bits per heavy atom. The molecule has 0 bridgehead atoms. The lowest BCUT2D eigenvalue weighted by molar-refractivity contribution is -0.146. The van der Waals surface area contributed by atoms with Crippen molar-refractivity contribution in [2.75, 3.05) is 13.1 Å². The Morgan fingerprint density at radius 3 is 2.57 bits per heavy atom. The van der Waals surface area contributed by atoms with E-state index in [-0.39, 0.29) is 24.9 Å². The summed E-state index contributed by atoms with van der Waals surface area (Å²) >= 11 is 0. The van der Waals surface area contributed by atoms with Gasteiger partial charge in [0, 0.05) is 6.54 Å². The Labute approximate surface area is 123 Å². The maximum atomic E-state index is 11.8. The molecule has 0 spiro atoms. The second-order valence-corrected chi connectivity index (χ2v) is 5.57. The molecule has 1 aromatic carbocycles. The first kappa shape index (κ1) is 15.2. The van der Waals surface area contributed by atoms with Crippen molar-refractivity contribution in [1.29, 1.82) is 5.26 Å². The highest BCUT2D eigenvalue weighted by atomic mass is 16.3. The number of aliphatic hydroxyl groups excluding tert-OH is 1. The van der Waals surface area contributed by atoms with Gasteiger partial charge in [-0.3, -0.25) is 19.8 Å². The number of nitrogens with zero attached hydrogens (tertiary/aromatic N) is 2. The highest BCUT2D eigenvalue weighted by Crippen LogP contribution is 2.23. The van der Waals surface area contributed by atoms with Gasteiger partial charge in [-0.25, -0.2) is 0 Å². The van der Waals surface area contributed by atoms with Crippen LogP contribution in [0.3, 0.4) is 0 Å². The molecule has 2 N–H and O–H groups in total. The molecule has 1 aromatic rings. The molecule has 2 rings (SSSR count). The Hall–Kier alpha value is -2.23. The Kier molecular flexibility index (Phi) is 4.07. The molecule has 6 heteroatoms. The minimum atomic E-state index is -0.860. The standard InChI is InChI=1S/C15H17N3O3/c1-15(2)14(21)17-13(20)9-18(15)8-12(19)11-5-3-10(7-16)4-6-11/h3-6,12,19H,8-9H2,1-2H3,(H,17,20,21). The van der Waals surface area contributed by atoms with E-state index >= 15 is 0 Å². The molecule has 0 aromatic heterocycles. The molecule has 1 heterocycles. The molecule has 0 radical (unpaired) electrons. The third-order valence-electron chi connectivity index (χ3n) is 3.75. The van der Waals surface area contributed by atoms with Gasteiger partial charge in [0.2, 0.25) is 11.8 Å². The third kappa shape index (κ3) is 3.10. The third-order valence-corrected chi connectivity index (χ3v) is 3.75. The number of piperazine rings is 1. The number of hydrogen-bond donors (Lipinski definition) is 2. The molecule has 1 aliphatic rings. The van der Waals surface area contributed by atoms with E-state index in [1.165, 1.54) is 0 Å². The molecule has 1 saturated heterocycles. The SMILES string of the molecule is CC1(C)C(=O)NC(=O)CN1CC(O)c1ccc(C#N)cc1. The quantitative estimate of drug-likeness (QED) is 0.781. The fourth-order valence-electron chi connectivity index (χ4n) is 2.22. The molecular formula is C15H17N3O3. The van der Waals surface area contributed by atoms with Crippen LogP contribution >= 0.6 is 0 Å². The second kappa shape index (κ2) is 5.64. The fraction of sp³-hybridized carbons (Fsp3) is 0.400. The molecule has 1 unspecified atom stereocenters. The van der Waals surface area contributed by atoms with Crippen molar-refractivity contribution in [3.63, 3.8) is 0 Å². The second-order valence-electron chi connectivity index (χ2n) is 5.57. The van der Waals surface area contributed by atoms with Crippen LogP contribution in [0.1, 0.15) is 31.1 Å². The van der Waals surface area contributed by atoms with Gasteiger partial charge in [-0.05, 0) is 31.5 Å². The lowest BCUT2D eigenvalue weighted by atomic mass is 9.97. The number of nitriles is 1. The van der Waals surface area contributed by atoms with E-state index < -0.39 is 11.6 Å². The zero-order valence-corrected chi connectivity index (χ0v) is 12.0. The van der Waals surface area contributed by atoms with Crippen LogP contribution in [0.5, 0.6) is 0 Å². The average Bonchev–Trinajstić information content (AvgIpc) is 2.45. The van der Waals surface area contributed by atoms with Crippen molar-refractivity contribution in [3.05, 3.63) is 35.4 Å². The van der Waals surface area contributed by atoms with Crippen LogP contribution in [0.2, 0.25) is 0 Å². The van der Waals surface area contributed by atoms with Crippen molar-refractivity contribution in [2.45, 2.75) is 25.5 Å². The maximum absolute atomic E-state index is 11.8. The number of β-amino-alcohol motifs (C(OH)–C–C–N with tert-alkyl or cyclic N) is 1. The normalized spacial score (nSPS) is 19.7. The molecule has 1 fully saturated rings. The predicted octanol–water partition coefficient (Wildman–Crippen LogP) is 0.329. The van der Waals surface area contributed by atoms with Gasteiger partial charge in [-0.15, -0.1) is 0 Å². The number of imide groups is 1. The first-order valence-electron chi connectivity index (χ1n) is 6.62. The first-order chi connectivity index (χ1) is 9.84. The zero-order valence-electron chi connectivity index (χ0n) is 12.0. The van der Waals surface area contributed by atoms with Crippen LogP contribution in [0.15, 0.2) is 24.3 Å². The minimum Gasteiger partial charge on any atom is -0.387 e. The number of rotatable bonds is 3. The van der Waals surface area contributed by atoms with Crippen LogP contribution < -0.4 is 5.32 Å². The largest absolute Gasteiger partial charge is 0.387 e. The summed E-state index contributed by atoms with van der Waals surface area (Å²) in [5.74, 6) is -0.739. The molecule has 0 saturated carbocycles. The minimum absolute atomic E-state index is 0.0616. The van der Waals surface area contributed by atoms with Crippen molar-refractivity contribution in [2.24, 2.45) is 0 Å². The molecule has 6 nitrogen and oxygen atoms in total. The summed E-state index contributed by atoms with van der Waals surface area (Å²) in [6, 6.07) is 8.59. The average molecular weight is 287 g/mol. The van der Waals surface area contributed by atoms with Crippen molar-refractivity contribution < 1.29 is 14.7 Å². The highest BCUT2D eigenvalue weighted by Gasteiger charge is 2.41. The number of aliphatic hydroxyl groups is 1. The van der Waals surface area contributed by atoms with Crippen LogP contribution in [0.4, 0.5) is 0 Å². The predicted molar refractivity (Wildman–Crippen MR) is 74.9 cm³/mol. The molecule has 110 valence electrons. The van der Waals surface area contributed by atoms with Gasteiger partial charge in [-0.1, -0.05) is 12.1 Å². The number of nitrogens with one attached hydrogen (secondary N) is 1. The number of benzene rings is 1. The fourth-order valence-corrected chi connectivity index (χ4v) is 2.22. The molecule has 0 aliphatic carbocycles. The van der Waals surface area contributed by atoms with E-state index in [9.17, 15) is 14.7 Å². The van der Waals surface area contributed by atoms with E-state index in [1.807, 2.05) is 6.07 Å². The summed E-state index contributed by atoms with van der Waals surface area (Å²) in [6.45, 7) is 3.64. The number of carbonyl (C=O) groups excluding carboxylic acids is 2. The molecule has 1 atom stereocenters. The van der Waals surface area contributed by atoms with Crippen molar-refractivity contribution in [3.8, 4) is 6.07 Å². The molecule has 21 heavy (non-hydrogen) atoms. The van der Waals surface area contributed by atoms with E-state index in [4.69, 9.17) is 5.26 Å². The monoisotopic (exact) mass is 287 g/mol. The first-order valence-corrected chi connectivity index (χ1v) is 6.62. The molecule has 1 aliphatic heterocycles.